The molecule has 0 aliphatic carbocycles. The summed E-state index contributed by atoms with van der Waals surface area (Å²) in [6, 6.07) is 5.45. The quantitative estimate of drug-likeness (QED) is 0.270. The number of benzene rings is 1. The summed E-state index contributed by atoms with van der Waals surface area (Å²) < 4.78 is 29.9. The van der Waals surface area contributed by atoms with E-state index in [2.05, 4.69) is 10.4 Å². The third-order valence-corrected chi connectivity index (χ3v) is 8.16. The lowest BCUT2D eigenvalue weighted by molar-refractivity contribution is -0.129. The van der Waals surface area contributed by atoms with E-state index in [9.17, 15) is 23.9 Å². The highest BCUT2D eigenvalue weighted by molar-refractivity contribution is 7.21. The fourth-order valence-corrected chi connectivity index (χ4v) is 6.00. The average Bonchev–Trinajstić information content (AvgIpc) is 3.56. The number of aliphatic hydroxyl groups is 1. The fourth-order valence-electron chi connectivity index (χ4n) is 4.76. The first-order valence-corrected chi connectivity index (χ1v) is 14.3. The monoisotopic (exact) mass is 601 g/mol. The third kappa shape index (κ3) is 5.90. The first-order valence-electron chi connectivity index (χ1n) is 13.5. The molecule has 42 heavy (non-hydrogen) atoms. The van der Waals surface area contributed by atoms with E-state index in [-0.39, 0.29) is 24.6 Å². The zero-order valence-electron chi connectivity index (χ0n) is 24.7. The van der Waals surface area contributed by atoms with Gasteiger partial charge in [-0.1, -0.05) is 11.3 Å². The van der Waals surface area contributed by atoms with Crippen LogP contribution in [0.3, 0.4) is 0 Å². The minimum atomic E-state index is -1.57. The van der Waals surface area contributed by atoms with Gasteiger partial charge in [0.1, 0.15) is 33.0 Å². The number of amides is 1. The highest BCUT2D eigenvalue weighted by Crippen LogP contribution is 2.34. The lowest BCUT2D eigenvalue weighted by Gasteiger charge is -2.28. The van der Waals surface area contributed by atoms with E-state index < -0.39 is 40.7 Å². The van der Waals surface area contributed by atoms with Crippen molar-refractivity contribution < 1.29 is 23.8 Å². The van der Waals surface area contributed by atoms with E-state index in [1.807, 2.05) is 0 Å². The Morgan fingerprint density at radius 3 is 2.55 bits per heavy atom. The molecule has 0 unspecified atom stereocenters. The first kappa shape index (κ1) is 31.1. The van der Waals surface area contributed by atoms with E-state index in [1.165, 1.54) is 55.1 Å². The molecule has 2 atom stereocenters. The lowest BCUT2D eigenvalue weighted by Crippen LogP contribution is -2.56. The van der Waals surface area contributed by atoms with Crippen LogP contribution < -0.4 is 21.3 Å². The normalized spacial score (nSPS) is 13.5. The molecule has 2 N–H and O–H groups in total. The molecule has 4 aromatic rings. The Hall–Kier alpha value is -3.81. The number of hydrogen-bond donors (Lipinski definition) is 2. The van der Waals surface area contributed by atoms with Crippen LogP contribution in [0.15, 0.2) is 46.2 Å². The fraction of sp³-hybridized carbons (Fsp3) is 0.448. The van der Waals surface area contributed by atoms with Crippen molar-refractivity contribution in [1.82, 2.24) is 24.2 Å². The molecule has 0 spiro atoms. The number of methoxy groups -OCH3 is 1. The number of ether oxygens (including phenoxy) is 2. The Morgan fingerprint density at radius 2 is 1.95 bits per heavy atom. The van der Waals surface area contributed by atoms with Crippen LogP contribution in [0.5, 0.6) is 5.75 Å². The van der Waals surface area contributed by atoms with Crippen LogP contribution in [-0.2, 0) is 21.6 Å². The average molecular weight is 602 g/mol. The van der Waals surface area contributed by atoms with Crippen molar-refractivity contribution in [1.29, 1.82) is 0 Å². The van der Waals surface area contributed by atoms with Gasteiger partial charge in [0.25, 0.3) is 5.56 Å². The maximum atomic E-state index is 14.5. The minimum absolute atomic E-state index is 0.119. The van der Waals surface area contributed by atoms with E-state index in [0.717, 1.165) is 4.57 Å². The number of carbonyl (C=O) groups excluding carboxylic acids is 1. The van der Waals surface area contributed by atoms with Crippen molar-refractivity contribution in [3.63, 3.8) is 0 Å². The summed E-state index contributed by atoms with van der Waals surface area (Å²) in [4.78, 5) is 42.0. The van der Waals surface area contributed by atoms with Crippen LogP contribution in [0.25, 0.3) is 15.2 Å². The van der Waals surface area contributed by atoms with Gasteiger partial charge in [0.15, 0.2) is 0 Å². The molecule has 0 saturated carbocycles. The number of nitrogens with one attached hydrogen (secondary N) is 1. The Balaban J connectivity index is 2.03. The highest BCUT2D eigenvalue weighted by Gasteiger charge is 2.36. The van der Waals surface area contributed by atoms with Crippen molar-refractivity contribution in [2.75, 3.05) is 13.7 Å². The van der Waals surface area contributed by atoms with Crippen molar-refractivity contribution in [2.45, 2.75) is 71.9 Å². The molecule has 0 bridgehead atoms. The molecule has 0 radical (unpaired) electrons. The topological polar surface area (TPSA) is 130 Å². The predicted molar refractivity (Wildman–Crippen MR) is 158 cm³/mol. The lowest BCUT2D eigenvalue weighted by atomic mass is 10.0. The summed E-state index contributed by atoms with van der Waals surface area (Å²) >= 11 is 1.19. The van der Waals surface area contributed by atoms with E-state index in [0.29, 0.717) is 26.7 Å². The summed E-state index contributed by atoms with van der Waals surface area (Å²) in [6.07, 6.45) is 1.50. The summed E-state index contributed by atoms with van der Waals surface area (Å²) in [5.74, 6) is -0.726. The molecule has 1 amide bonds. The van der Waals surface area contributed by atoms with Gasteiger partial charge in [-0.25, -0.2) is 18.4 Å². The van der Waals surface area contributed by atoms with Crippen LogP contribution in [-0.4, -0.2) is 55.8 Å². The molecule has 1 aromatic carbocycles. The predicted octanol–water partition coefficient (Wildman–Crippen LogP) is 3.26. The Bertz CT molecular complexity index is 1700. The second-order valence-electron chi connectivity index (χ2n) is 10.9. The number of halogens is 1. The minimum Gasteiger partial charge on any atom is -0.496 e. The van der Waals surface area contributed by atoms with Gasteiger partial charge >= 0.3 is 5.69 Å². The van der Waals surface area contributed by atoms with Crippen molar-refractivity contribution in [2.24, 2.45) is 0 Å². The molecule has 11 nitrogen and oxygen atoms in total. The number of aromatic nitrogens is 4. The van der Waals surface area contributed by atoms with Crippen LogP contribution in [0.1, 0.15) is 51.8 Å². The molecule has 0 fully saturated rings. The molecule has 13 heteroatoms. The van der Waals surface area contributed by atoms with Gasteiger partial charge in [-0.2, -0.15) is 5.10 Å². The SMILES string of the molecule is COc1ccc(F)cc1[C@H](Cn1c(=O)n(C(C)(C)C(=O)NC(C)C)c(=O)c2c(C)c(-n3cccn3)sc21)OC[C@H](C)O. The molecule has 0 aliphatic rings. The van der Waals surface area contributed by atoms with E-state index in [1.54, 1.807) is 50.8 Å². The van der Waals surface area contributed by atoms with Crippen molar-refractivity contribution in [3.05, 3.63) is 74.4 Å². The van der Waals surface area contributed by atoms with Crippen molar-refractivity contribution >= 4 is 27.5 Å². The number of aryl methyl sites for hydroxylation is 1. The second kappa shape index (κ2) is 12.2. The third-order valence-electron chi connectivity index (χ3n) is 6.86. The van der Waals surface area contributed by atoms with Crippen LogP contribution >= 0.6 is 11.3 Å². The summed E-state index contributed by atoms with van der Waals surface area (Å²) in [7, 11) is 1.43. The van der Waals surface area contributed by atoms with Gasteiger partial charge in [0.2, 0.25) is 5.91 Å². The van der Waals surface area contributed by atoms with Gasteiger partial charge in [0, 0.05) is 29.6 Å². The Labute approximate surface area is 246 Å². The molecule has 3 aromatic heterocycles. The number of hydrogen-bond acceptors (Lipinski definition) is 8. The Morgan fingerprint density at radius 1 is 1.24 bits per heavy atom. The largest absolute Gasteiger partial charge is 0.496 e. The number of aliphatic hydroxyl groups excluding tert-OH is 1. The maximum Gasteiger partial charge on any atom is 0.333 e. The summed E-state index contributed by atoms with van der Waals surface area (Å²) in [5, 5.41) is 18.0. The van der Waals surface area contributed by atoms with Gasteiger partial charge in [0.05, 0.1) is 31.8 Å². The van der Waals surface area contributed by atoms with Gasteiger partial charge in [-0.3, -0.25) is 14.2 Å². The first-order chi connectivity index (χ1) is 19.8. The molecule has 0 aliphatic heterocycles. The smallest absolute Gasteiger partial charge is 0.333 e. The summed E-state index contributed by atoms with van der Waals surface area (Å²) in [6.45, 7) is 9.60. The van der Waals surface area contributed by atoms with Gasteiger partial charge < -0.3 is 19.9 Å². The molecular weight excluding hydrogens is 565 g/mol. The number of nitrogens with zero attached hydrogens (tertiary/aromatic N) is 4. The van der Waals surface area contributed by atoms with Gasteiger partial charge in [-0.05, 0) is 65.8 Å². The molecular formula is C29H36FN5O6S. The highest BCUT2D eigenvalue weighted by atomic mass is 32.1. The number of thiophene rings is 1. The van der Waals surface area contributed by atoms with Gasteiger partial charge in [-0.15, -0.1) is 0 Å². The maximum absolute atomic E-state index is 14.5. The van der Waals surface area contributed by atoms with Crippen molar-refractivity contribution in [3.8, 4) is 10.8 Å². The Kier molecular flexibility index (Phi) is 9.04. The number of carbonyl (C=O) groups is 1. The van der Waals surface area contributed by atoms with E-state index in [4.69, 9.17) is 9.47 Å². The zero-order valence-corrected chi connectivity index (χ0v) is 25.5. The van der Waals surface area contributed by atoms with E-state index >= 15 is 0 Å². The number of fused-ring (bicyclic) bond motifs is 1. The van der Waals surface area contributed by atoms with Crippen LogP contribution in [0.4, 0.5) is 4.39 Å². The van der Waals surface area contributed by atoms with Crippen LogP contribution in [0, 0.1) is 12.7 Å². The van der Waals surface area contributed by atoms with Crippen LogP contribution in [0.2, 0.25) is 0 Å². The number of rotatable bonds is 11. The second-order valence-corrected chi connectivity index (χ2v) is 11.9. The zero-order chi connectivity index (χ0) is 30.9. The molecule has 3 heterocycles. The molecule has 226 valence electrons. The summed E-state index contributed by atoms with van der Waals surface area (Å²) in [5.41, 5.74) is -2.04. The standard InChI is InChI=1S/C29H36FN5O6S/c1-16(2)32-27(38)29(5,6)35-24(37)23-18(4)25(34-12-8-11-31-34)42-26(23)33(28(35)39)14-22(41-15-17(3)36)20-13-19(30)9-10-21(20)40-7/h8-13,16-17,22,36H,14-15H2,1-7H3,(H,32,38)/t17-,22-/m0/s1. The molecule has 0 saturated heterocycles. The molecule has 4 rings (SSSR count).